The monoisotopic (exact) mass is 398 g/mol. The molecule has 26 heavy (non-hydrogen) atoms. The van der Waals surface area contributed by atoms with Crippen molar-refractivity contribution in [3.8, 4) is 0 Å². The Hall–Kier alpha value is -2.05. The van der Waals surface area contributed by atoms with E-state index in [1.807, 2.05) is 0 Å². The molecule has 0 atom stereocenters. The van der Waals surface area contributed by atoms with E-state index in [0.717, 1.165) is 30.7 Å². The van der Waals surface area contributed by atoms with E-state index >= 15 is 0 Å². The summed E-state index contributed by atoms with van der Waals surface area (Å²) in [5.41, 5.74) is -0.284. The van der Waals surface area contributed by atoms with Crippen molar-refractivity contribution < 1.29 is 13.3 Å². The molecular formula is C14H18N6O4S2. The third-order valence-corrected chi connectivity index (χ3v) is 7.09. The lowest BCUT2D eigenvalue weighted by Gasteiger charge is -2.18. The van der Waals surface area contributed by atoms with Gasteiger partial charge in [0.1, 0.15) is 0 Å². The molecule has 2 aromatic rings. The van der Waals surface area contributed by atoms with E-state index in [4.69, 9.17) is 0 Å². The fraction of sp³-hybridized carbons (Fsp3) is 0.500. The standard InChI is InChI=1S/C14H18N6O4S2/c1-3-18(4-2)26(23,24)11-7-8-13(12(9-11)20(21)22)25-14-15-16-17-19(14)10-5-6-10/h7-10H,3-6H2,1-2H3. The van der Waals surface area contributed by atoms with E-state index in [2.05, 4.69) is 15.5 Å². The summed E-state index contributed by atoms with van der Waals surface area (Å²) >= 11 is 1.06. The Morgan fingerprint density at radius 2 is 2.04 bits per heavy atom. The van der Waals surface area contributed by atoms with Crippen LogP contribution in [-0.2, 0) is 10.0 Å². The highest BCUT2D eigenvalue weighted by molar-refractivity contribution is 7.99. The van der Waals surface area contributed by atoms with Crippen LogP contribution >= 0.6 is 11.8 Å². The highest BCUT2D eigenvalue weighted by Crippen LogP contribution is 2.40. The summed E-state index contributed by atoms with van der Waals surface area (Å²) < 4.78 is 28.1. The summed E-state index contributed by atoms with van der Waals surface area (Å²) in [5.74, 6) is 0. The minimum absolute atomic E-state index is 0.0981. The smallest absolute Gasteiger partial charge is 0.258 e. The summed E-state index contributed by atoms with van der Waals surface area (Å²) in [6.45, 7) is 4.02. The largest absolute Gasteiger partial charge is 0.284 e. The summed E-state index contributed by atoms with van der Waals surface area (Å²) in [5, 5.41) is 23.4. The number of hydrogen-bond donors (Lipinski definition) is 0. The second-order valence-corrected chi connectivity index (χ2v) is 8.66. The molecule has 0 spiro atoms. The summed E-state index contributed by atoms with van der Waals surface area (Å²) in [6.07, 6.45) is 1.95. The second-order valence-electron chi connectivity index (χ2n) is 5.72. The fourth-order valence-electron chi connectivity index (χ4n) is 2.50. The molecule has 10 nitrogen and oxygen atoms in total. The minimum Gasteiger partial charge on any atom is -0.258 e. The zero-order chi connectivity index (χ0) is 18.9. The van der Waals surface area contributed by atoms with Gasteiger partial charge in [-0.25, -0.2) is 13.1 Å². The first kappa shape index (κ1) is 18.7. The highest BCUT2D eigenvalue weighted by Gasteiger charge is 2.30. The van der Waals surface area contributed by atoms with Crippen molar-refractivity contribution in [2.75, 3.05) is 13.1 Å². The van der Waals surface area contributed by atoms with Gasteiger partial charge in [0.2, 0.25) is 15.2 Å². The van der Waals surface area contributed by atoms with Gasteiger partial charge in [-0.3, -0.25) is 10.1 Å². The van der Waals surface area contributed by atoms with Crippen molar-refractivity contribution in [3.05, 3.63) is 28.3 Å². The molecule has 1 aliphatic rings. The number of nitrogens with zero attached hydrogens (tertiary/aromatic N) is 6. The molecule has 1 aliphatic carbocycles. The molecule has 0 aliphatic heterocycles. The Kier molecular flexibility index (Phi) is 5.25. The van der Waals surface area contributed by atoms with Gasteiger partial charge in [0.25, 0.3) is 5.69 Å². The van der Waals surface area contributed by atoms with Gasteiger partial charge in [-0.05, 0) is 47.2 Å². The van der Waals surface area contributed by atoms with Crippen LogP contribution in [0.5, 0.6) is 0 Å². The molecule has 0 saturated heterocycles. The van der Waals surface area contributed by atoms with E-state index in [1.54, 1.807) is 18.5 Å². The van der Waals surface area contributed by atoms with Gasteiger partial charge in [-0.2, -0.15) is 4.31 Å². The Morgan fingerprint density at radius 1 is 1.35 bits per heavy atom. The molecule has 0 N–H and O–H groups in total. The SMILES string of the molecule is CCN(CC)S(=O)(=O)c1ccc(Sc2nnnn2C2CC2)c([N+](=O)[O-])c1. The fourth-order valence-corrected chi connectivity index (χ4v) is 4.90. The van der Waals surface area contributed by atoms with Crippen molar-refractivity contribution in [1.82, 2.24) is 24.5 Å². The number of benzene rings is 1. The molecule has 1 saturated carbocycles. The van der Waals surface area contributed by atoms with Crippen LogP contribution in [0, 0.1) is 10.1 Å². The van der Waals surface area contributed by atoms with Crippen molar-refractivity contribution in [2.24, 2.45) is 0 Å². The van der Waals surface area contributed by atoms with E-state index in [-0.39, 0.29) is 16.6 Å². The summed E-state index contributed by atoms with van der Waals surface area (Å²) in [7, 11) is -3.77. The maximum atomic E-state index is 12.6. The van der Waals surface area contributed by atoms with Crippen LogP contribution in [-0.4, -0.2) is 50.9 Å². The minimum atomic E-state index is -3.77. The van der Waals surface area contributed by atoms with E-state index in [9.17, 15) is 18.5 Å². The van der Waals surface area contributed by atoms with Crippen molar-refractivity contribution in [2.45, 2.75) is 47.7 Å². The molecule has 1 aromatic carbocycles. The molecule has 0 amide bonds. The van der Waals surface area contributed by atoms with Gasteiger partial charge in [0.15, 0.2) is 0 Å². The van der Waals surface area contributed by atoms with Crippen molar-refractivity contribution in [1.29, 1.82) is 0 Å². The molecule has 1 fully saturated rings. The molecule has 1 heterocycles. The van der Waals surface area contributed by atoms with Crippen LogP contribution in [0.2, 0.25) is 0 Å². The number of nitro groups is 1. The topological polar surface area (TPSA) is 124 Å². The quantitative estimate of drug-likeness (QED) is 0.489. The van der Waals surface area contributed by atoms with Gasteiger partial charge in [-0.15, -0.1) is 5.10 Å². The molecule has 140 valence electrons. The lowest BCUT2D eigenvalue weighted by Crippen LogP contribution is -2.30. The third-order valence-electron chi connectivity index (χ3n) is 4.03. The highest BCUT2D eigenvalue weighted by atomic mass is 32.2. The third kappa shape index (κ3) is 3.57. The molecule has 0 bridgehead atoms. The number of sulfonamides is 1. The summed E-state index contributed by atoms with van der Waals surface area (Å²) in [6, 6.07) is 4.15. The predicted molar refractivity (Wildman–Crippen MR) is 93.4 cm³/mol. The van der Waals surface area contributed by atoms with Gasteiger partial charge < -0.3 is 0 Å². The number of nitro benzene ring substituents is 1. The lowest BCUT2D eigenvalue weighted by molar-refractivity contribution is -0.388. The first-order chi connectivity index (χ1) is 12.4. The first-order valence-electron chi connectivity index (χ1n) is 8.12. The predicted octanol–water partition coefficient (Wildman–Crippen LogP) is 2.10. The molecule has 3 rings (SSSR count). The number of tetrazole rings is 1. The molecule has 1 aromatic heterocycles. The van der Waals surface area contributed by atoms with E-state index in [0.29, 0.717) is 23.1 Å². The molecule has 0 unspecified atom stereocenters. The first-order valence-corrected chi connectivity index (χ1v) is 10.4. The van der Waals surface area contributed by atoms with Crippen molar-refractivity contribution >= 4 is 27.5 Å². The van der Waals surface area contributed by atoms with Crippen LogP contribution in [0.3, 0.4) is 0 Å². The lowest BCUT2D eigenvalue weighted by atomic mass is 10.3. The normalized spacial score (nSPS) is 14.7. The number of hydrogen-bond acceptors (Lipinski definition) is 8. The van der Waals surface area contributed by atoms with Crippen LogP contribution in [0.15, 0.2) is 33.1 Å². The molecular weight excluding hydrogens is 380 g/mol. The van der Waals surface area contributed by atoms with E-state index < -0.39 is 14.9 Å². The Balaban J connectivity index is 1.97. The van der Waals surface area contributed by atoms with Gasteiger partial charge in [0, 0.05) is 19.2 Å². The van der Waals surface area contributed by atoms with Gasteiger partial charge in [-0.1, -0.05) is 13.8 Å². The average molecular weight is 398 g/mol. The zero-order valence-electron chi connectivity index (χ0n) is 14.3. The molecule has 0 radical (unpaired) electrons. The van der Waals surface area contributed by atoms with Crippen LogP contribution in [0.4, 0.5) is 5.69 Å². The second kappa shape index (κ2) is 7.29. The summed E-state index contributed by atoms with van der Waals surface area (Å²) in [4.78, 5) is 11.1. The molecule has 12 heteroatoms. The van der Waals surface area contributed by atoms with Crippen LogP contribution in [0.25, 0.3) is 0 Å². The maximum absolute atomic E-state index is 12.6. The van der Waals surface area contributed by atoms with Gasteiger partial charge in [0.05, 0.1) is 20.8 Å². The Bertz CT molecular complexity index is 921. The van der Waals surface area contributed by atoms with Crippen molar-refractivity contribution in [3.63, 3.8) is 0 Å². The number of rotatable bonds is 8. The number of aromatic nitrogens is 4. The van der Waals surface area contributed by atoms with Gasteiger partial charge >= 0.3 is 0 Å². The zero-order valence-corrected chi connectivity index (χ0v) is 15.9. The Morgan fingerprint density at radius 3 is 2.62 bits per heavy atom. The maximum Gasteiger partial charge on any atom is 0.284 e. The average Bonchev–Trinajstić information content (AvgIpc) is 3.35. The van der Waals surface area contributed by atoms with Crippen LogP contribution in [0.1, 0.15) is 32.7 Å². The van der Waals surface area contributed by atoms with E-state index in [1.165, 1.54) is 16.4 Å². The Labute approximate surface area is 154 Å². The van der Waals surface area contributed by atoms with Crippen LogP contribution < -0.4 is 0 Å².